The number of rotatable bonds is 8. The molecule has 0 N–H and O–H groups in total. The van der Waals surface area contributed by atoms with Crippen LogP contribution in [0.25, 0.3) is 72.0 Å². The Balaban J connectivity index is 1.04. The van der Waals surface area contributed by atoms with Gasteiger partial charge in [0.15, 0.2) is 0 Å². The van der Waals surface area contributed by atoms with Crippen LogP contribution in [0.2, 0.25) is 0 Å². The lowest BCUT2D eigenvalue weighted by Crippen LogP contribution is -2.10. The number of aromatic nitrogens is 1. The predicted octanol–water partition coefficient (Wildman–Crippen LogP) is 14.9. The van der Waals surface area contributed by atoms with Crippen molar-refractivity contribution in [3.63, 3.8) is 0 Å². The van der Waals surface area contributed by atoms with Crippen molar-refractivity contribution in [3.05, 3.63) is 231 Å². The maximum absolute atomic E-state index is 2.37. The Bertz CT molecular complexity index is 2860. The fourth-order valence-corrected chi connectivity index (χ4v) is 8.08. The van der Waals surface area contributed by atoms with Crippen LogP contribution < -0.4 is 4.90 Å². The zero-order valence-corrected chi connectivity index (χ0v) is 30.8. The number of nitrogens with zero attached hydrogens (tertiary/aromatic N) is 2. The van der Waals surface area contributed by atoms with Crippen LogP contribution in [0.3, 0.4) is 0 Å². The van der Waals surface area contributed by atoms with Gasteiger partial charge in [0, 0.05) is 33.5 Å². The van der Waals surface area contributed by atoms with Gasteiger partial charge in [-0.2, -0.15) is 0 Å². The molecule has 0 amide bonds. The van der Waals surface area contributed by atoms with Crippen LogP contribution in [0.4, 0.5) is 17.1 Å². The molecular weight excluding hydrogens is 677 g/mol. The summed E-state index contributed by atoms with van der Waals surface area (Å²) in [6, 6.07) is 83.0. The van der Waals surface area contributed by atoms with Crippen molar-refractivity contribution in [2.45, 2.75) is 0 Å². The van der Waals surface area contributed by atoms with Gasteiger partial charge in [-0.1, -0.05) is 170 Å². The van der Waals surface area contributed by atoms with Crippen LogP contribution in [-0.4, -0.2) is 4.57 Å². The largest absolute Gasteiger partial charge is 0.310 e. The Morgan fingerprint density at radius 3 is 1.14 bits per heavy atom. The Morgan fingerprint density at radius 1 is 0.268 bits per heavy atom. The summed E-state index contributed by atoms with van der Waals surface area (Å²) in [5.41, 5.74) is 16.4. The third-order valence-corrected chi connectivity index (χ3v) is 10.8. The zero-order chi connectivity index (χ0) is 37.3. The smallest absolute Gasteiger partial charge is 0.0541 e. The molecule has 10 aromatic rings. The number of para-hydroxylation sites is 2. The highest BCUT2D eigenvalue weighted by Crippen LogP contribution is 2.42. The molecule has 0 aliphatic rings. The molecule has 2 heteroatoms. The lowest BCUT2D eigenvalue weighted by molar-refractivity contribution is 1.18. The average Bonchev–Trinajstić information content (AvgIpc) is 3.62. The molecule has 0 unspecified atom stereocenters. The van der Waals surface area contributed by atoms with E-state index in [1.807, 2.05) is 0 Å². The van der Waals surface area contributed by atoms with E-state index in [4.69, 9.17) is 0 Å². The van der Waals surface area contributed by atoms with Crippen molar-refractivity contribution in [1.82, 2.24) is 4.57 Å². The maximum Gasteiger partial charge on any atom is 0.0541 e. The van der Waals surface area contributed by atoms with Crippen molar-refractivity contribution >= 4 is 38.9 Å². The summed E-state index contributed by atoms with van der Waals surface area (Å²) in [4.78, 5) is 2.37. The summed E-state index contributed by atoms with van der Waals surface area (Å²) in [6.07, 6.45) is 0. The minimum absolute atomic E-state index is 1.09. The highest BCUT2D eigenvalue weighted by molar-refractivity contribution is 6.09. The molecule has 0 radical (unpaired) electrons. The van der Waals surface area contributed by atoms with E-state index < -0.39 is 0 Å². The molecule has 9 aromatic carbocycles. The van der Waals surface area contributed by atoms with Crippen LogP contribution in [0.1, 0.15) is 0 Å². The van der Waals surface area contributed by atoms with E-state index in [0.717, 1.165) is 22.7 Å². The summed E-state index contributed by atoms with van der Waals surface area (Å²) in [7, 11) is 0. The Morgan fingerprint density at radius 2 is 0.643 bits per heavy atom. The van der Waals surface area contributed by atoms with Gasteiger partial charge >= 0.3 is 0 Å². The Kier molecular flexibility index (Phi) is 8.55. The van der Waals surface area contributed by atoms with Gasteiger partial charge < -0.3 is 9.47 Å². The van der Waals surface area contributed by atoms with Crippen molar-refractivity contribution in [2.75, 3.05) is 4.90 Å². The minimum atomic E-state index is 1.09. The van der Waals surface area contributed by atoms with E-state index in [-0.39, 0.29) is 0 Å². The quantitative estimate of drug-likeness (QED) is 0.152. The van der Waals surface area contributed by atoms with Crippen LogP contribution in [0, 0.1) is 0 Å². The maximum atomic E-state index is 2.37. The summed E-state index contributed by atoms with van der Waals surface area (Å²) >= 11 is 0. The normalized spacial score (nSPS) is 11.2. The molecule has 0 bridgehead atoms. The van der Waals surface area contributed by atoms with Gasteiger partial charge in [0.25, 0.3) is 0 Å². The highest BCUT2D eigenvalue weighted by Gasteiger charge is 2.17. The first-order valence-electron chi connectivity index (χ1n) is 19.2. The van der Waals surface area contributed by atoms with E-state index in [2.05, 4.69) is 240 Å². The topological polar surface area (TPSA) is 8.17 Å². The molecule has 1 heterocycles. The average molecular weight is 715 g/mol. The molecule has 10 rings (SSSR count). The fourth-order valence-electron chi connectivity index (χ4n) is 8.08. The molecular formula is C54H38N2. The monoisotopic (exact) mass is 714 g/mol. The number of fused-ring (bicyclic) bond motifs is 3. The van der Waals surface area contributed by atoms with Crippen LogP contribution in [0.15, 0.2) is 231 Å². The molecule has 0 aliphatic carbocycles. The molecule has 0 atom stereocenters. The third-order valence-electron chi connectivity index (χ3n) is 10.8. The second kappa shape index (κ2) is 14.4. The molecule has 1 aromatic heterocycles. The summed E-state index contributed by atoms with van der Waals surface area (Å²) in [6.45, 7) is 0. The standard InChI is InChI=1S/C54H38N2/c1-4-14-39(15-5-1)40-24-30-45(31-25-40)55(48-36-37-49(43-16-6-2-7-17-43)52(38-48)44-18-8-3-9-19-44)46-32-26-41(27-33-46)42-28-34-47(35-29-42)56-53-22-12-10-20-50(53)51-21-11-13-23-54(51)56/h1-38H. The second-order valence-corrected chi connectivity index (χ2v) is 14.2. The van der Waals surface area contributed by atoms with Gasteiger partial charge in [-0.05, 0) is 105 Å². The van der Waals surface area contributed by atoms with Gasteiger partial charge in [0.2, 0.25) is 0 Å². The van der Waals surface area contributed by atoms with E-state index >= 15 is 0 Å². The van der Waals surface area contributed by atoms with E-state index in [1.165, 1.54) is 66.3 Å². The van der Waals surface area contributed by atoms with Gasteiger partial charge in [-0.15, -0.1) is 0 Å². The SMILES string of the molecule is c1ccc(-c2ccc(N(c3ccc(-c4ccc(-n5c6ccccc6c6ccccc65)cc4)cc3)c3ccc(-c4ccccc4)c(-c4ccccc4)c3)cc2)cc1. The van der Waals surface area contributed by atoms with E-state index in [1.54, 1.807) is 0 Å². The summed E-state index contributed by atoms with van der Waals surface area (Å²) in [5, 5.41) is 2.54. The minimum Gasteiger partial charge on any atom is -0.310 e. The molecule has 0 saturated heterocycles. The van der Waals surface area contributed by atoms with Gasteiger partial charge in [-0.3, -0.25) is 0 Å². The van der Waals surface area contributed by atoms with Crippen molar-refractivity contribution in [1.29, 1.82) is 0 Å². The number of benzene rings is 9. The lowest BCUT2D eigenvalue weighted by Gasteiger charge is -2.27. The molecule has 264 valence electrons. The Hall–Kier alpha value is -7.42. The first kappa shape index (κ1) is 33.2. The Labute approximate surface area is 327 Å². The molecule has 0 saturated carbocycles. The van der Waals surface area contributed by atoms with Crippen LogP contribution >= 0.6 is 0 Å². The molecule has 56 heavy (non-hydrogen) atoms. The van der Waals surface area contributed by atoms with Crippen molar-refractivity contribution < 1.29 is 0 Å². The predicted molar refractivity (Wildman–Crippen MR) is 237 cm³/mol. The highest BCUT2D eigenvalue weighted by atomic mass is 15.1. The molecule has 0 fully saturated rings. The second-order valence-electron chi connectivity index (χ2n) is 14.2. The first-order chi connectivity index (χ1) is 27.8. The first-order valence-corrected chi connectivity index (χ1v) is 19.2. The number of hydrogen-bond acceptors (Lipinski definition) is 1. The fraction of sp³-hybridized carbons (Fsp3) is 0. The van der Waals surface area contributed by atoms with Gasteiger partial charge in [0.1, 0.15) is 0 Å². The lowest BCUT2D eigenvalue weighted by atomic mass is 9.93. The van der Waals surface area contributed by atoms with E-state index in [9.17, 15) is 0 Å². The number of anilines is 3. The summed E-state index contributed by atoms with van der Waals surface area (Å²) < 4.78 is 2.37. The van der Waals surface area contributed by atoms with Gasteiger partial charge in [0.05, 0.1) is 11.0 Å². The van der Waals surface area contributed by atoms with Crippen LogP contribution in [0.5, 0.6) is 0 Å². The summed E-state index contributed by atoms with van der Waals surface area (Å²) in [5.74, 6) is 0. The van der Waals surface area contributed by atoms with Crippen molar-refractivity contribution in [3.8, 4) is 50.2 Å². The van der Waals surface area contributed by atoms with E-state index in [0.29, 0.717) is 0 Å². The molecule has 0 aliphatic heterocycles. The van der Waals surface area contributed by atoms with Gasteiger partial charge in [-0.25, -0.2) is 0 Å². The molecule has 2 nitrogen and oxygen atoms in total. The van der Waals surface area contributed by atoms with Crippen molar-refractivity contribution in [2.24, 2.45) is 0 Å². The molecule has 0 spiro atoms. The zero-order valence-electron chi connectivity index (χ0n) is 30.8. The number of hydrogen-bond donors (Lipinski definition) is 0. The third kappa shape index (κ3) is 6.14. The van der Waals surface area contributed by atoms with Crippen LogP contribution in [-0.2, 0) is 0 Å².